The SMILES string of the molecule is c1ccc(C(c2ccccc2)(c2ccccc2)n2cc(-c3ccccc3CNC3CCCCCC3)cn2)cc1. The Morgan fingerprint density at radius 1 is 0.641 bits per heavy atom. The molecule has 0 radical (unpaired) electrons. The summed E-state index contributed by atoms with van der Waals surface area (Å²) in [6.45, 7) is 0.882. The van der Waals surface area contributed by atoms with Gasteiger partial charge >= 0.3 is 0 Å². The Morgan fingerprint density at radius 2 is 1.15 bits per heavy atom. The number of aromatic nitrogens is 2. The van der Waals surface area contributed by atoms with E-state index in [4.69, 9.17) is 5.10 Å². The van der Waals surface area contributed by atoms with Gasteiger partial charge in [-0.3, -0.25) is 4.68 Å². The highest BCUT2D eigenvalue weighted by atomic mass is 15.3. The van der Waals surface area contributed by atoms with Crippen LogP contribution in [0.15, 0.2) is 128 Å². The lowest BCUT2D eigenvalue weighted by Crippen LogP contribution is -2.38. The van der Waals surface area contributed by atoms with Crippen LogP contribution in [0.25, 0.3) is 11.1 Å². The van der Waals surface area contributed by atoms with Crippen LogP contribution in [0.4, 0.5) is 0 Å². The second-order valence-electron chi connectivity index (χ2n) is 10.7. The Labute approximate surface area is 232 Å². The van der Waals surface area contributed by atoms with Crippen LogP contribution in [-0.2, 0) is 12.1 Å². The van der Waals surface area contributed by atoms with Gasteiger partial charge in [-0.2, -0.15) is 5.10 Å². The average molecular weight is 512 g/mol. The van der Waals surface area contributed by atoms with Crippen molar-refractivity contribution in [3.05, 3.63) is 150 Å². The highest BCUT2D eigenvalue weighted by Gasteiger charge is 2.39. The molecule has 1 aliphatic rings. The molecule has 1 heterocycles. The predicted octanol–water partition coefficient (Wildman–Crippen LogP) is 8.20. The van der Waals surface area contributed by atoms with Crippen molar-refractivity contribution in [2.45, 2.75) is 56.7 Å². The number of nitrogens with one attached hydrogen (secondary N) is 1. The third-order valence-corrected chi connectivity index (χ3v) is 8.27. The van der Waals surface area contributed by atoms with Crippen molar-refractivity contribution in [1.29, 1.82) is 0 Å². The van der Waals surface area contributed by atoms with E-state index in [-0.39, 0.29) is 0 Å². The molecule has 1 aromatic heterocycles. The van der Waals surface area contributed by atoms with Crippen molar-refractivity contribution in [1.82, 2.24) is 15.1 Å². The summed E-state index contributed by atoms with van der Waals surface area (Å²) in [4.78, 5) is 0. The van der Waals surface area contributed by atoms with E-state index in [1.165, 1.54) is 66.3 Å². The summed E-state index contributed by atoms with van der Waals surface area (Å²) < 4.78 is 2.16. The summed E-state index contributed by atoms with van der Waals surface area (Å²) in [7, 11) is 0. The van der Waals surface area contributed by atoms with Crippen LogP contribution in [0.5, 0.6) is 0 Å². The van der Waals surface area contributed by atoms with Crippen LogP contribution >= 0.6 is 0 Å². The second kappa shape index (κ2) is 11.8. The van der Waals surface area contributed by atoms with Crippen LogP contribution < -0.4 is 5.32 Å². The van der Waals surface area contributed by atoms with Gasteiger partial charge in [-0.1, -0.05) is 141 Å². The molecule has 0 saturated heterocycles. The maximum Gasteiger partial charge on any atom is 0.138 e. The van der Waals surface area contributed by atoms with Crippen LogP contribution in [-0.4, -0.2) is 15.8 Å². The van der Waals surface area contributed by atoms with Crippen molar-refractivity contribution in [2.75, 3.05) is 0 Å². The Kier molecular flexibility index (Phi) is 7.69. The maximum absolute atomic E-state index is 5.09. The van der Waals surface area contributed by atoms with Gasteiger partial charge in [-0.05, 0) is 40.7 Å². The molecule has 0 aliphatic heterocycles. The number of hydrogen-bond acceptors (Lipinski definition) is 2. The van der Waals surface area contributed by atoms with Gasteiger partial charge in [0.05, 0.1) is 6.20 Å². The molecule has 1 aliphatic carbocycles. The zero-order valence-electron chi connectivity index (χ0n) is 22.5. The molecule has 0 unspecified atom stereocenters. The average Bonchev–Trinajstić information content (AvgIpc) is 3.34. The fourth-order valence-corrected chi connectivity index (χ4v) is 6.27. The minimum atomic E-state index is -0.602. The molecule has 6 rings (SSSR count). The molecule has 4 aromatic carbocycles. The highest BCUT2D eigenvalue weighted by Crippen LogP contribution is 2.41. The van der Waals surface area contributed by atoms with Gasteiger partial charge in [0.2, 0.25) is 0 Å². The standard InChI is InChI=1S/C36H37N3/c1-2-13-24-34(23-12-1)37-26-29-16-14-15-25-35(29)30-27-38-39(28-30)36(31-17-6-3-7-18-31,32-19-8-4-9-20-32)33-21-10-5-11-22-33/h3-11,14-22,25,27-28,34,37H,1-2,12-13,23-24,26H2. The monoisotopic (exact) mass is 511 g/mol. The lowest BCUT2D eigenvalue weighted by molar-refractivity contribution is 0.459. The van der Waals surface area contributed by atoms with Gasteiger partial charge in [0, 0.05) is 24.3 Å². The van der Waals surface area contributed by atoms with E-state index in [0.717, 1.165) is 12.1 Å². The van der Waals surface area contributed by atoms with Crippen LogP contribution in [0.1, 0.15) is 60.8 Å². The Hall–Kier alpha value is -3.95. The molecule has 1 saturated carbocycles. The predicted molar refractivity (Wildman–Crippen MR) is 161 cm³/mol. The van der Waals surface area contributed by atoms with Gasteiger partial charge in [0.1, 0.15) is 5.54 Å². The summed E-state index contributed by atoms with van der Waals surface area (Å²) in [6, 6.07) is 41.6. The molecule has 5 aromatic rings. The van der Waals surface area contributed by atoms with E-state index in [2.05, 4.69) is 131 Å². The summed E-state index contributed by atoms with van der Waals surface area (Å²) in [6.07, 6.45) is 12.3. The molecule has 0 atom stereocenters. The number of rotatable bonds is 8. The molecular formula is C36H37N3. The largest absolute Gasteiger partial charge is 0.310 e. The summed E-state index contributed by atoms with van der Waals surface area (Å²) >= 11 is 0. The van der Waals surface area contributed by atoms with Crippen molar-refractivity contribution in [3.8, 4) is 11.1 Å². The minimum absolute atomic E-state index is 0.602. The summed E-state index contributed by atoms with van der Waals surface area (Å²) in [5, 5.41) is 8.97. The lowest BCUT2D eigenvalue weighted by Gasteiger charge is -2.36. The lowest BCUT2D eigenvalue weighted by atomic mass is 9.77. The number of benzene rings is 4. The Balaban J connectivity index is 1.44. The third-order valence-electron chi connectivity index (χ3n) is 8.27. The third kappa shape index (κ3) is 5.20. The molecule has 196 valence electrons. The first kappa shape index (κ1) is 25.3. The summed E-state index contributed by atoms with van der Waals surface area (Å²) in [5.74, 6) is 0. The molecular weight excluding hydrogens is 474 g/mol. The van der Waals surface area contributed by atoms with E-state index in [0.29, 0.717) is 6.04 Å². The van der Waals surface area contributed by atoms with E-state index < -0.39 is 5.54 Å². The van der Waals surface area contributed by atoms with E-state index in [1.54, 1.807) is 0 Å². The van der Waals surface area contributed by atoms with Gasteiger partial charge in [0.15, 0.2) is 0 Å². The van der Waals surface area contributed by atoms with Crippen LogP contribution in [0.3, 0.4) is 0 Å². The molecule has 39 heavy (non-hydrogen) atoms. The molecule has 1 N–H and O–H groups in total. The van der Waals surface area contributed by atoms with Crippen molar-refractivity contribution in [2.24, 2.45) is 0 Å². The topological polar surface area (TPSA) is 29.9 Å². The highest BCUT2D eigenvalue weighted by molar-refractivity contribution is 5.66. The normalized spacial score (nSPS) is 14.7. The molecule has 0 spiro atoms. The van der Waals surface area contributed by atoms with Gasteiger partial charge in [0.25, 0.3) is 0 Å². The van der Waals surface area contributed by atoms with E-state index >= 15 is 0 Å². The van der Waals surface area contributed by atoms with Crippen molar-refractivity contribution < 1.29 is 0 Å². The number of hydrogen-bond donors (Lipinski definition) is 1. The van der Waals surface area contributed by atoms with Crippen molar-refractivity contribution >= 4 is 0 Å². The molecule has 3 nitrogen and oxygen atoms in total. The van der Waals surface area contributed by atoms with Gasteiger partial charge in [-0.25, -0.2) is 0 Å². The van der Waals surface area contributed by atoms with E-state index in [9.17, 15) is 0 Å². The fourth-order valence-electron chi connectivity index (χ4n) is 6.27. The van der Waals surface area contributed by atoms with Gasteiger partial charge in [-0.15, -0.1) is 0 Å². The molecule has 0 amide bonds. The van der Waals surface area contributed by atoms with Crippen LogP contribution in [0, 0.1) is 0 Å². The van der Waals surface area contributed by atoms with Crippen LogP contribution in [0.2, 0.25) is 0 Å². The molecule has 0 bridgehead atoms. The Morgan fingerprint density at radius 3 is 1.72 bits per heavy atom. The minimum Gasteiger partial charge on any atom is -0.310 e. The maximum atomic E-state index is 5.09. The zero-order chi connectivity index (χ0) is 26.3. The number of nitrogens with zero attached hydrogens (tertiary/aromatic N) is 2. The molecule has 3 heteroatoms. The first-order valence-electron chi connectivity index (χ1n) is 14.4. The molecule has 1 fully saturated rings. The fraction of sp³-hybridized carbons (Fsp3) is 0.250. The summed E-state index contributed by atoms with van der Waals surface area (Å²) in [5.41, 5.74) is 6.65. The Bertz CT molecular complexity index is 1350. The first-order valence-corrected chi connectivity index (χ1v) is 14.4. The zero-order valence-corrected chi connectivity index (χ0v) is 22.5. The van der Waals surface area contributed by atoms with Crippen molar-refractivity contribution in [3.63, 3.8) is 0 Å². The second-order valence-corrected chi connectivity index (χ2v) is 10.7. The smallest absolute Gasteiger partial charge is 0.138 e. The van der Waals surface area contributed by atoms with E-state index in [1.807, 2.05) is 6.20 Å². The first-order chi connectivity index (χ1) is 19.4. The quantitative estimate of drug-likeness (QED) is 0.168. The van der Waals surface area contributed by atoms with Gasteiger partial charge < -0.3 is 5.32 Å².